The van der Waals surface area contributed by atoms with E-state index < -0.39 is 24.0 Å². The van der Waals surface area contributed by atoms with E-state index in [0.717, 1.165) is 0 Å². The summed E-state index contributed by atoms with van der Waals surface area (Å²) in [7, 11) is 0. The van der Waals surface area contributed by atoms with Gasteiger partial charge >= 0.3 is 0 Å². The number of halogens is 2. The Balaban J connectivity index is 2.04. The predicted molar refractivity (Wildman–Crippen MR) is 146 cm³/mol. The van der Waals surface area contributed by atoms with E-state index in [1.54, 1.807) is 37.3 Å². The number of ether oxygens (including phenoxy) is 3. The molecule has 2 N–H and O–H groups in total. The Hall–Kier alpha value is -3.41. The molecule has 0 saturated heterocycles. The van der Waals surface area contributed by atoms with E-state index >= 15 is 0 Å². The number of carbonyl (C=O) groups excluding carboxylic acids is 2. The van der Waals surface area contributed by atoms with Crippen LogP contribution in [0, 0.1) is 18.3 Å². The van der Waals surface area contributed by atoms with Crippen molar-refractivity contribution in [2.75, 3.05) is 13.2 Å². The molecule has 0 radical (unpaired) electrons. The van der Waals surface area contributed by atoms with Gasteiger partial charge in [0.1, 0.15) is 18.4 Å². The molecule has 2 rings (SSSR count). The zero-order valence-electron chi connectivity index (χ0n) is 21.2. The van der Waals surface area contributed by atoms with E-state index in [4.69, 9.17) is 43.8 Å². The number of terminal acetylenes is 1. The molecular weight excluding hydrogens is 517 g/mol. The second-order valence-corrected chi connectivity index (χ2v) is 9.24. The Morgan fingerprint density at radius 2 is 1.78 bits per heavy atom. The molecule has 2 aromatic carbocycles. The minimum atomic E-state index is -0.906. The van der Waals surface area contributed by atoms with Gasteiger partial charge in [0, 0.05) is 5.02 Å². The number of nitrogens with zero attached hydrogens (tertiary/aromatic N) is 1. The van der Waals surface area contributed by atoms with E-state index in [1.165, 1.54) is 12.3 Å². The molecule has 198 valence electrons. The first-order valence-electron chi connectivity index (χ1n) is 11.7. The lowest BCUT2D eigenvalue weighted by molar-refractivity contribution is -0.132. The van der Waals surface area contributed by atoms with Gasteiger partial charge in [0.05, 0.1) is 17.8 Å². The standard InChI is InChI=1S/C27H31Cl2N3O5/c1-6-12-36-24-10-8-19(14-25(24)35-7-2)16-30-32-27(34)22(13-17(3)4)31-26(33)18(5)37-23-11-9-20(28)15-21(23)29/h1,8-11,14-18,22H,7,12-13H2,2-5H3,(H,31,33)(H,32,34)/b30-16-/t18-,22+/m0/s1. The smallest absolute Gasteiger partial charge is 0.262 e. The summed E-state index contributed by atoms with van der Waals surface area (Å²) in [6.45, 7) is 7.86. The van der Waals surface area contributed by atoms with Crippen LogP contribution in [0.25, 0.3) is 0 Å². The van der Waals surface area contributed by atoms with Gasteiger partial charge in [0.15, 0.2) is 17.6 Å². The van der Waals surface area contributed by atoms with Crippen LogP contribution in [-0.4, -0.2) is 43.4 Å². The third-order valence-electron chi connectivity index (χ3n) is 4.87. The van der Waals surface area contributed by atoms with Crippen LogP contribution < -0.4 is 25.0 Å². The maximum atomic E-state index is 12.8. The molecule has 2 atom stereocenters. The lowest BCUT2D eigenvalue weighted by Crippen LogP contribution is -2.49. The quantitative estimate of drug-likeness (QED) is 0.212. The lowest BCUT2D eigenvalue weighted by atomic mass is 10.0. The van der Waals surface area contributed by atoms with Crippen molar-refractivity contribution in [2.45, 2.75) is 46.3 Å². The molecule has 0 aliphatic heterocycles. The molecule has 2 amide bonds. The van der Waals surface area contributed by atoms with Crippen LogP contribution in [0.2, 0.25) is 10.0 Å². The van der Waals surface area contributed by atoms with Gasteiger partial charge in [-0.25, -0.2) is 5.43 Å². The van der Waals surface area contributed by atoms with E-state index in [2.05, 4.69) is 21.8 Å². The summed E-state index contributed by atoms with van der Waals surface area (Å²) in [5.74, 6) is 2.93. The maximum absolute atomic E-state index is 12.8. The van der Waals surface area contributed by atoms with Gasteiger partial charge in [0.25, 0.3) is 11.8 Å². The van der Waals surface area contributed by atoms with Gasteiger partial charge in [-0.2, -0.15) is 5.10 Å². The Kier molecular flexibility index (Phi) is 12.1. The summed E-state index contributed by atoms with van der Waals surface area (Å²) >= 11 is 12.0. The summed E-state index contributed by atoms with van der Waals surface area (Å²) in [5.41, 5.74) is 3.16. The molecule has 0 aliphatic rings. The van der Waals surface area contributed by atoms with Crippen molar-refractivity contribution in [3.05, 3.63) is 52.0 Å². The average molecular weight is 548 g/mol. The summed E-state index contributed by atoms with van der Waals surface area (Å²) < 4.78 is 16.7. The largest absolute Gasteiger partial charge is 0.490 e. The lowest BCUT2D eigenvalue weighted by Gasteiger charge is -2.22. The van der Waals surface area contributed by atoms with E-state index in [0.29, 0.717) is 40.9 Å². The molecule has 0 saturated carbocycles. The predicted octanol–water partition coefficient (Wildman–Crippen LogP) is 4.85. The van der Waals surface area contributed by atoms with Crippen molar-refractivity contribution in [1.82, 2.24) is 10.7 Å². The molecule has 0 spiro atoms. The summed E-state index contributed by atoms with van der Waals surface area (Å²) in [6.07, 6.45) is 6.21. The highest BCUT2D eigenvalue weighted by atomic mass is 35.5. The minimum Gasteiger partial charge on any atom is -0.490 e. The highest BCUT2D eigenvalue weighted by Crippen LogP contribution is 2.29. The van der Waals surface area contributed by atoms with Crippen LogP contribution in [0.1, 0.15) is 39.7 Å². The first-order valence-corrected chi connectivity index (χ1v) is 12.5. The van der Waals surface area contributed by atoms with Crippen LogP contribution in [0.4, 0.5) is 0 Å². The van der Waals surface area contributed by atoms with Gasteiger partial charge < -0.3 is 19.5 Å². The molecule has 37 heavy (non-hydrogen) atoms. The highest BCUT2D eigenvalue weighted by Gasteiger charge is 2.25. The van der Waals surface area contributed by atoms with Crippen LogP contribution in [-0.2, 0) is 9.59 Å². The third kappa shape index (κ3) is 9.87. The topological polar surface area (TPSA) is 98.2 Å². The van der Waals surface area contributed by atoms with Crippen molar-refractivity contribution in [2.24, 2.45) is 11.0 Å². The van der Waals surface area contributed by atoms with Crippen LogP contribution in [0.15, 0.2) is 41.5 Å². The number of nitrogens with one attached hydrogen (secondary N) is 2. The fourth-order valence-corrected chi connectivity index (χ4v) is 3.62. The molecule has 0 heterocycles. The zero-order chi connectivity index (χ0) is 27.4. The first-order chi connectivity index (χ1) is 17.6. The molecule has 10 heteroatoms. The van der Waals surface area contributed by atoms with Gasteiger partial charge in [-0.05, 0) is 68.1 Å². The van der Waals surface area contributed by atoms with E-state index in [9.17, 15) is 9.59 Å². The summed E-state index contributed by atoms with van der Waals surface area (Å²) in [4.78, 5) is 25.6. The van der Waals surface area contributed by atoms with Crippen LogP contribution in [0.5, 0.6) is 17.2 Å². The molecule has 0 aliphatic carbocycles. The zero-order valence-corrected chi connectivity index (χ0v) is 22.7. The van der Waals surface area contributed by atoms with Crippen LogP contribution in [0.3, 0.4) is 0 Å². The Labute approximate surface area is 227 Å². The third-order valence-corrected chi connectivity index (χ3v) is 5.40. The van der Waals surface area contributed by atoms with Gasteiger partial charge in [-0.15, -0.1) is 6.42 Å². The molecular formula is C27H31Cl2N3O5. The van der Waals surface area contributed by atoms with E-state index in [-0.39, 0.29) is 17.5 Å². The van der Waals surface area contributed by atoms with Crippen molar-refractivity contribution in [3.63, 3.8) is 0 Å². The van der Waals surface area contributed by atoms with Crippen molar-refractivity contribution in [1.29, 1.82) is 0 Å². The monoisotopic (exact) mass is 547 g/mol. The normalized spacial score (nSPS) is 12.5. The number of rotatable bonds is 13. The average Bonchev–Trinajstić information content (AvgIpc) is 2.84. The minimum absolute atomic E-state index is 0.114. The number of carbonyl (C=O) groups is 2. The number of hydrogen-bond acceptors (Lipinski definition) is 6. The summed E-state index contributed by atoms with van der Waals surface area (Å²) in [5, 5.41) is 7.49. The highest BCUT2D eigenvalue weighted by molar-refractivity contribution is 6.35. The molecule has 8 nitrogen and oxygen atoms in total. The van der Waals surface area contributed by atoms with Crippen LogP contribution >= 0.6 is 23.2 Å². The number of amides is 2. The first kappa shape index (κ1) is 29.8. The maximum Gasteiger partial charge on any atom is 0.262 e. The van der Waals surface area contributed by atoms with Gasteiger partial charge in [0.2, 0.25) is 0 Å². The number of hydrazone groups is 1. The van der Waals surface area contributed by atoms with Crippen molar-refractivity contribution >= 4 is 41.2 Å². The van der Waals surface area contributed by atoms with Crippen molar-refractivity contribution in [3.8, 4) is 29.6 Å². The Bertz CT molecular complexity index is 1150. The second kappa shape index (κ2) is 15.0. The number of hydrogen-bond donors (Lipinski definition) is 2. The van der Waals surface area contributed by atoms with Gasteiger partial charge in [-0.3, -0.25) is 9.59 Å². The Morgan fingerprint density at radius 1 is 1.05 bits per heavy atom. The van der Waals surface area contributed by atoms with Gasteiger partial charge in [-0.1, -0.05) is 43.0 Å². The van der Waals surface area contributed by atoms with Crippen molar-refractivity contribution < 1.29 is 23.8 Å². The second-order valence-electron chi connectivity index (χ2n) is 8.39. The molecule has 0 aromatic heterocycles. The molecule has 0 unspecified atom stereocenters. The fourth-order valence-electron chi connectivity index (χ4n) is 3.17. The molecule has 0 fully saturated rings. The number of benzene rings is 2. The van der Waals surface area contributed by atoms with E-state index in [1.807, 2.05) is 20.8 Å². The molecule has 2 aromatic rings. The summed E-state index contributed by atoms with van der Waals surface area (Å²) in [6, 6.07) is 9.06. The SMILES string of the molecule is C#CCOc1ccc(/C=N\NC(=O)[C@@H](CC(C)C)NC(=O)[C@H](C)Oc2ccc(Cl)cc2Cl)cc1OCC. The fraction of sp³-hybridized carbons (Fsp3) is 0.370. The molecule has 0 bridgehead atoms. The Morgan fingerprint density at radius 3 is 2.43 bits per heavy atom.